The van der Waals surface area contributed by atoms with E-state index in [0.29, 0.717) is 24.4 Å². The Labute approximate surface area is 181 Å². The van der Waals surface area contributed by atoms with Gasteiger partial charge in [-0.1, -0.05) is 24.3 Å². The Balaban J connectivity index is 1.63. The zero-order valence-corrected chi connectivity index (χ0v) is 17.9. The number of rotatable bonds is 7. The number of nitrogens with one attached hydrogen (secondary N) is 2. The monoisotopic (exact) mass is 425 g/mol. The smallest absolute Gasteiger partial charge is 0.313 e. The lowest BCUT2D eigenvalue weighted by atomic mass is 10.1. The van der Waals surface area contributed by atoms with Gasteiger partial charge in [-0.2, -0.15) is 0 Å². The lowest BCUT2D eigenvalue weighted by molar-refractivity contribution is -0.136. The molecule has 1 fully saturated rings. The minimum absolute atomic E-state index is 0.0614. The van der Waals surface area contributed by atoms with Crippen LogP contribution >= 0.6 is 0 Å². The first-order chi connectivity index (χ1) is 14.9. The van der Waals surface area contributed by atoms with E-state index in [1.54, 1.807) is 30.2 Å². The molecule has 0 spiro atoms. The normalized spacial score (nSPS) is 14.3. The summed E-state index contributed by atoms with van der Waals surface area (Å²) in [6, 6.07) is 12.6. The summed E-state index contributed by atoms with van der Waals surface area (Å²) in [5.74, 6) is -0.878. The first kappa shape index (κ1) is 22.3. The number of hydrogen-bond donors (Lipinski definition) is 2. The van der Waals surface area contributed by atoms with E-state index in [2.05, 4.69) is 10.6 Å². The highest BCUT2D eigenvalue weighted by Gasteiger charge is 2.24. The SMILES string of the molecule is COc1ccccc1C(CNC(=O)C(=O)Nc1ccc(C)c(N2CCCC2=O)c1)OC. The molecule has 2 aromatic carbocycles. The molecule has 1 aliphatic rings. The van der Waals surface area contributed by atoms with E-state index >= 15 is 0 Å². The number of methoxy groups -OCH3 is 2. The van der Waals surface area contributed by atoms with E-state index in [-0.39, 0.29) is 12.5 Å². The Morgan fingerprint density at radius 2 is 1.90 bits per heavy atom. The third kappa shape index (κ3) is 5.21. The number of aryl methyl sites for hydroxylation is 1. The van der Waals surface area contributed by atoms with Crippen LogP contribution in [-0.4, -0.2) is 45.0 Å². The molecule has 1 saturated heterocycles. The maximum absolute atomic E-state index is 12.4. The topological polar surface area (TPSA) is 97.0 Å². The molecule has 0 radical (unpaired) electrons. The maximum Gasteiger partial charge on any atom is 0.313 e. The number of nitrogens with zero attached hydrogens (tertiary/aromatic N) is 1. The molecular weight excluding hydrogens is 398 g/mol. The van der Waals surface area contributed by atoms with E-state index in [0.717, 1.165) is 23.2 Å². The van der Waals surface area contributed by atoms with Gasteiger partial charge in [-0.05, 0) is 37.1 Å². The lowest BCUT2D eigenvalue weighted by Gasteiger charge is -2.20. The number of amides is 3. The van der Waals surface area contributed by atoms with Crippen LogP contribution < -0.4 is 20.3 Å². The average molecular weight is 425 g/mol. The van der Waals surface area contributed by atoms with Crippen molar-refractivity contribution in [2.24, 2.45) is 0 Å². The van der Waals surface area contributed by atoms with Gasteiger partial charge in [-0.25, -0.2) is 0 Å². The summed E-state index contributed by atoms with van der Waals surface area (Å²) in [6.07, 6.45) is 0.857. The second kappa shape index (κ2) is 10.1. The van der Waals surface area contributed by atoms with E-state index < -0.39 is 17.9 Å². The predicted octanol–water partition coefficient (Wildman–Crippen LogP) is 2.57. The van der Waals surface area contributed by atoms with Crippen molar-refractivity contribution in [1.29, 1.82) is 0 Å². The summed E-state index contributed by atoms with van der Waals surface area (Å²) in [4.78, 5) is 38.5. The van der Waals surface area contributed by atoms with Gasteiger partial charge in [-0.3, -0.25) is 14.4 Å². The van der Waals surface area contributed by atoms with Gasteiger partial charge in [0.2, 0.25) is 5.91 Å². The highest BCUT2D eigenvalue weighted by atomic mass is 16.5. The summed E-state index contributed by atoms with van der Waals surface area (Å²) in [7, 11) is 3.08. The number of anilines is 2. The summed E-state index contributed by atoms with van der Waals surface area (Å²) in [6.45, 7) is 2.66. The number of benzene rings is 2. The van der Waals surface area contributed by atoms with E-state index in [1.165, 1.54) is 7.11 Å². The average Bonchev–Trinajstić information content (AvgIpc) is 3.21. The molecule has 1 heterocycles. The molecule has 0 saturated carbocycles. The third-order valence-corrected chi connectivity index (χ3v) is 5.26. The fourth-order valence-electron chi connectivity index (χ4n) is 3.59. The largest absolute Gasteiger partial charge is 0.496 e. The third-order valence-electron chi connectivity index (χ3n) is 5.26. The fraction of sp³-hybridized carbons (Fsp3) is 0.348. The highest BCUT2D eigenvalue weighted by molar-refractivity contribution is 6.39. The zero-order valence-electron chi connectivity index (χ0n) is 17.9. The van der Waals surface area contributed by atoms with E-state index in [1.807, 2.05) is 31.2 Å². The molecule has 0 bridgehead atoms. The maximum atomic E-state index is 12.4. The van der Waals surface area contributed by atoms with Crippen LogP contribution in [0.25, 0.3) is 0 Å². The molecule has 0 aromatic heterocycles. The van der Waals surface area contributed by atoms with Gasteiger partial charge in [0.15, 0.2) is 0 Å². The van der Waals surface area contributed by atoms with Crippen molar-refractivity contribution in [3.05, 3.63) is 53.6 Å². The van der Waals surface area contributed by atoms with Crippen LogP contribution in [-0.2, 0) is 19.1 Å². The molecular formula is C23H27N3O5. The van der Waals surface area contributed by atoms with Crippen LogP contribution in [0.15, 0.2) is 42.5 Å². The van der Waals surface area contributed by atoms with Crippen molar-refractivity contribution in [3.8, 4) is 5.75 Å². The highest BCUT2D eigenvalue weighted by Crippen LogP contribution is 2.28. The van der Waals surface area contributed by atoms with Crippen LogP contribution in [0.4, 0.5) is 11.4 Å². The van der Waals surface area contributed by atoms with Gasteiger partial charge >= 0.3 is 11.8 Å². The zero-order chi connectivity index (χ0) is 22.4. The van der Waals surface area contributed by atoms with E-state index in [4.69, 9.17) is 9.47 Å². The number of hydrogen-bond acceptors (Lipinski definition) is 5. The predicted molar refractivity (Wildman–Crippen MR) is 117 cm³/mol. The van der Waals surface area contributed by atoms with Crippen molar-refractivity contribution in [1.82, 2.24) is 5.32 Å². The Bertz CT molecular complexity index is 975. The molecule has 2 N–H and O–H groups in total. The van der Waals surface area contributed by atoms with Crippen LogP contribution in [0, 0.1) is 6.92 Å². The molecule has 164 valence electrons. The standard InChI is InChI=1S/C23H27N3O5/c1-15-10-11-16(13-18(15)26-12-6-9-21(26)27)25-23(29)22(28)24-14-20(31-3)17-7-4-5-8-19(17)30-2/h4-5,7-8,10-11,13,20H,6,9,12,14H2,1-3H3,(H,24,28)(H,25,29). The van der Waals surface area contributed by atoms with Crippen LogP contribution in [0.1, 0.15) is 30.1 Å². The number of ether oxygens (including phenoxy) is 2. The molecule has 1 aliphatic heterocycles. The summed E-state index contributed by atoms with van der Waals surface area (Å²) >= 11 is 0. The quantitative estimate of drug-likeness (QED) is 0.665. The lowest BCUT2D eigenvalue weighted by Crippen LogP contribution is -2.38. The van der Waals surface area contributed by atoms with Gasteiger partial charge in [0.05, 0.1) is 7.11 Å². The minimum Gasteiger partial charge on any atom is -0.496 e. The van der Waals surface area contributed by atoms with Crippen LogP contribution in [0.5, 0.6) is 5.75 Å². The molecule has 8 nitrogen and oxygen atoms in total. The molecule has 3 rings (SSSR count). The number of para-hydroxylation sites is 1. The van der Waals surface area contributed by atoms with Gasteiger partial charge in [-0.15, -0.1) is 0 Å². The Hall–Kier alpha value is -3.39. The summed E-state index contributed by atoms with van der Waals surface area (Å²) < 4.78 is 10.8. The molecule has 0 aliphatic carbocycles. The summed E-state index contributed by atoms with van der Waals surface area (Å²) in [5.41, 5.74) is 2.90. The van der Waals surface area contributed by atoms with Gasteiger partial charge in [0.1, 0.15) is 11.9 Å². The van der Waals surface area contributed by atoms with Crippen molar-refractivity contribution in [2.75, 3.05) is 37.5 Å². The van der Waals surface area contributed by atoms with Crippen molar-refractivity contribution < 1.29 is 23.9 Å². The number of carbonyl (C=O) groups excluding carboxylic acids is 3. The summed E-state index contributed by atoms with van der Waals surface area (Å²) in [5, 5.41) is 5.19. The Morgan fingerprint density at radius 3 is 2.58 bits per heavy atom. The van der Waals surface area contributed by atoms with Crippen molar-refractivity contribution in [2.45, 2.75) is 25.9 Å². The molecule has 1 unspecified atom stereocenters. The molecule has 8 heteroatoms. The van der Waals surface area contributed by atoms with Gasteiger partial charge < -0.3 is 25.0 Å². The second-order valence-electron chi connectivity index (χ2n) is 7.28. The van der Waals surface area contributed by atoms with Crippen molar-refractivity contribution >= 4 is 29.1 Å². The Morgan fingerprint density at radius 1 is 1.13 bits per heavy atom. The van der Waals surface area contributed by atoms with Crippen LogP contribution in [0.3, 0.4) is 0 Å². The fourth-order valence-corrected chi connectivity index (χ4v) is 3.59. The first-order valence-corrected chi connectivity index (χ1v) is 10.1. The molecule has 31 heavy (non-hydrogen) atoms. The second-order valence-corrected chi connectivity index (χ2v) is 7.28. The molecule has 2 aromatic rings. The van der Waals surface area contributed by atoms with Gasteiger partial charge in [0, 0.05) is 43.6 Å². The van der Waals surface area contributed by atoms with Gasteiger partial charge in [0.25, 0.3) is 0 Å². The number of carbonyl (C=O) groups is 3. The first-order valence-electron chi connectivity index (χ1n) is 10.1. The van der Waals surface area contributed by atoms with E-state index in [9.17, 15) is 14.4 Å². The van der Waals surface area contributed by atoms with Crippen molar-refractivity contribution in [3.63, 3.8) is 0 Å². The molecule has 3 amide bonds. The Kier molecular flexibility index (Phi) is 7.25. The van der Waals surface area contributed by atoms with Crippen LogP contribution in [0.2, 0.25) is 0 Å². The molecule has 1 atom stereocenters. The minimum atomic E-state index is -0.794.